The number of benzene rings is 1. The summed E-state index contributed by atoms with van der Waals surface area (Å²) < 4.78 is 7.45. The van der Waals surface area contributed by atoms with Gasteiger partial charge in [-0.15, -0.1) is 0 Å². The lowest BCUT2D eigenvalue weighted by Gasteiger charge is -2.40. The summed E-state index contributed by atoms with van der Waals surface area (Å²) in [5, 5.41) is 6.68. The molecule has 3 rings (SSSR count). The highest BCUT2D eigenvalue weighted by molar-refractivity contribution is 5.80. The van der Waals surface area contributed by atoms with Gasteiger partial charge in [0.1, 0.15) is 5.60 Å². The second-order valence-corrected chi connectivity index (χ2v) is 8.48. The molecule has 1 saturated heterocycles. The molecule has 0 spiro atoms. The first kappa shape index (κ1) is 21.7. The molecule has 1 aromatic heterocycles. The number of carbonyl (C=O) groups excluding carboxylic acids is 1. The molecule has 8 nitrogen and oxygen atoms in total. The molecule has 1 aliphatic rings. The van der Waals surface area contributed by atoms with Crippen molar-refractivity contribution in [2.75, 3.05) is 19.6 Å². The Morgan fingerprint density at radius 2 is 2.07 bits per heavy atom. The van der Waals surface area contributed by atoms with Gasteiger partial charge in [-0.1, -0.05) is 24.3 Å². The number of hydrogen-bond donors (Lipinski definition) is 2. The van der Waals surface area contributed by atoms with Gasteiger partial charge in [-0.3, -0.25) is 0 Å². The average Bonchev–Trinajstić information content (AvgIpc) is 3.14. The molecule has 1 aromatic carbocycles. The van der Waals surface area contributed by atoms with Gasteiger partial charge in [0.2, 0.25) is 0 Å². The van der Waals surface area contributed by atoms with Crippen molar-refractivity contribution in [3.63, 3.8) is 0 Å². The smallest absolute Gasteiger partial charge is 0.410 e. The third-order valence-electron chi connectivity index (χ3n) is 4.55. The van der Waals surface area contributed by atoms with Crippen LogP contribution in [0.15, 0.2) is 48.0 Å². The van der Waals surface area contributed by atoms with E-state index in [-0.39, 0.29) is 12.1 Å². The Morgan fingerprint density at radius 3 is 2.73 bits per heavy atom. The molecule has 2 aromatic rings. The van der Waals surface area contributed by atoms with Gasteiger partial charge in [-0.2, -0.15) is 0 Å². The van der Waals surface area contributed by atoms with E-state index in [1.165, 1.54) is 5.56 Å². The lowest BCUT2D eigenvalue weighted by atomic mass is 10.1. The molecule has 8 heteroatoms. The maximum absolute atomic E-state index is 12.1. The average molecular weight is 413 g/mol. The summed E-state index contributed by atoms with van der Waals surface area (Å²) in [7, 11) is 0. The number of carbonyl (C=O) groups is 1. The highest BCUT2D eigenvalue weighted by Gasteiger charge is 2.34. The van der Waals surface area contributed by atoms with Crippen molar-refractivity contribution in [1.82, 2.24) is 25.1 Å². The third kappa shape index (κ3) is 6.50. The highest BCUT2D eigenvalue weighted by atomic mass is 16.6. The summed E-state index contributed by atoms with van der Waals surface area (Å²) in [5.41, 5.74) is 1.89. The van der Waals surface area contributed by atoms with Crippen LogP contribution in [0.4, 0.5) is 4.79 Å². The summed E-state index contributed by atoms with van der Waals surface area (Å²) in [5.74, 6) is 0.756. The Balaban J connectivity index is 1.52. The zero-order valence-electron chi connectivity index (χ0n) is 18.3. The van der Waals surface area contributed by atoms with E-state index < -0.39 is 5.60 Å². The quantitative estimate of drug-likeness (QED) is 0.563. The molecule has 162 valence electrons. The van der Waals surface area contributed by atoms with E-state index >= 15 is 0 Å². The second kappa shape index (κ2) is 9.65. The van der Waals surface area contributed by atoms with Gasteiger partial charge < -0.3 is 24.8 Å². The number of imidazole rings is 1. The van der Waals surface area contributed by atoms with Crippen LogP contribution in [0.2, 0.25) is 0 Å². The van der Waals surface area contributed by atoms with Crippen molar-refractivity contribution in [1.29, 1.82) is 0 Å². The minimum absolute atomic E-state index is 0.169. The van der Waals surface area contributed by atoms with Crippen molar-refractivity contribution in [2.45, 2.75) is 52.4 Å². The Morgan fingerprint density at radius 1 is 1.30 bits per heavy atom. The number of rotatable bonds is 6. The minimum atomic E-state index is -0.474. The summed E-state index contributed by atoms with van der Waals surface area (Å²) in [6.07, 6.45) is 5.29. The first-order valence-corrected chi connectivity index (χ1v) is 10.4. The molecule has 30 heavy (non-hydrogen) atoms. The fourth-order valence-electron chi connectivity index (χ4n) is 3.15. The molecular weight excluding hydrogens is 380 g/mol. The topological polar surface area (TPSA) is 83.8 Å². The number of likely N-dealkylation sites (tertiary alicyclic amines) is 1. The van der Waals surface area contributed by atoms with Crippen molar-refractivity contribution in [2.24, 2.45) is 4.99 Å². The maximum Gasteiger partial charge on any atom is 0.410 e. The van der Waals surface area contributed by atoms with Crippen molar-refractivity contribution >= 4 is 12.1 Å². The molecule has 0 unspecified atom stereocenters. The molecule has 1 fully saturated rings. The van der Waals surface area contributed by atoms with Crippen LogP contribution in [-0.2, 0) is 17.8 Å². The van der Waals surface area contributed by atoms with Crippen LogP contribution in [0.1, 0.15) is 38.8 Å². The minimum Gasteiger partial charge on any atom is -0.444 e. The van der Waals surface area contributed by atoms with Crippen molar-refractivity contribution in [3.05, 3.63) is 54.1 Å². The standard InChI is InChI=1S/C22H32N6O2/c1-5-24-20(26-19-14-28(15-19)21(29)30-22(2,3)4)25-12-17-7-6-8-18(11-17)13-27-10-9-23-16-27/h6-11,16,19H,5,12-15H2,1-4H3,(H2,24,25,26). The molecule has 0 bridgehead atoms. The van der Waals surface area contributed by atoms with Crippen LogP contribution < -0.4 is 10.6 Å². The van der Waals surface area contributed by atoms with Gasteiger partial charge in [0.25, 0.3) is 0 Å². The summed E-state index contributed by atoms with van der Waals surface area (Å²) >= 11 is 0. The Bertz CT molecular complexity index is 851. The molecule has 2 heterocycles. The van der Waals surface area contributed by atoms with E-state index in [1.54, 1.807) is 11.1 Å². The van der Waals surface area contributed by atoms with E-state index in [9.17, 15) is 4.79 Å². The number of aromatic nitrogens is 2. The largest absolute Gasteiger partial charge is 0.444 e. The van der Waals surface area contributed by atoms with Crippen LogP contribution in [0.25, 0.3) is 0 Å². The van der Waals surface area contributed by atoms with E-state index in [0.717, 1.165) is 24.6 Å². The molecule has 2 N–H and O–H groups in total. The predicted octanol–water partition coefficient (Wildman–Crippen LogP) is 2.61. The van der Waals surface area contributed by atoms with Crippen molar-refractivity contribution in [3.8, 4) is 0 Å². The predicted molar refractivity (Wildman–Crippen MR) is 117 cm³/mol. The van der Waals surface area contributed by atoms with E-state index in [2.05, 4.69) is 39.9 Å². The summed E-state index contributed by atoms with van der Waals surface area (Å²) in [6.45, 7) is 11.0. The van der Waals surface area contributed by atoms with Gasteiger partial charge in [-0.05, 0) is 38.8 Å². The normalized spacial score (nSPS) is 14.9. The van der Waals surface area contributed by atoms with Crippen molar-refractivity contribution < 1.29 is 9.53 Å². The number of guanidine groups is 1. The van der Waals surface area contributed by atoms with Crippen LogP contribution in [0.5, 0.6) is 0 Å². The molecule has 0 radical (unpaired) electrons. The van der Waals surface area contributed by atoms with Gasteiger partial charge in [-0.25, -0.2) is 14.8 Å². The Hall–Kier alpha value is -3.03. The van der Waals surface area contributed by atoms with E-state index in [4.69, 9.17) is 9.73 Å². The molecular formula is C22H32N6O2. The number of amides is 1. The molecule has 0 aliphatic carbocycles. The fourth-order valence-corrected chi connectivity index (χ4v) is 3.15. The molecule has 1 aliphatic heterocycles. The fraction of sp³-hybridized carbons (Fsp3) is 0.500. The first-order chi connectivity index (χ1) is 14.3. The molecule has 1 amide bonds. The molecule has 0 atom stereocenters. The van der Waals surface area contributed by atoms with Crippen LogP contribution in [0, 0.1) is 0 Å². The lowest BCUT2D eigenvalue weighted by molar-refractivity contribution is 0.00701. The number of ether oxygens (including phenoxy) is 1. The maximum atomic E-state index is 12.1. The van der Waals surface area contributed by atoms with Gasteiger partial charge in [0, 0.05) is 38.6 Å². The summed E-state index contributed by atoms with van der Waals surface area (Å²) in [4.78, 5) is 22.6. The number of hydrogen-bond acceptors (Lipinski definition) is 4. The molecule has 0 saturated carbocycles. The number of nitrogens with zero attached hydrogens (tertiary/aromatic N) is 4. The monoisotopic (exact) mass is 412 g/mol. The van der Waals surface area contributed by atoms with Gasteiger partial charge in [0.05, 0.1) is 18.9 Å². The van der Waals surface area contributed by atoms with Crippen LogP contribution >= 0.6 is 0 Å². The van der Waals surface area contributed by atoms with E-state index in [0.29, 0.717) is 19.6 Å². The zero-order valence-corrected chi connectivity index (χ0v) is 18.3. The zero-order chi connectivity index (χ0) is 21.6. The third-order valence-corrected chi connectivity index (χ3v) is 4.55. The van der Waals surface area contributed by atoms with Gasteiger partial charge in [0.15, 0.2) is 5.96 Å². The van der Waals surface area contributed by atoms with Crippen LogP contribution in [-0.4, -0.2) is 57.8 Å². The lowest BCUT2D eigenvalue weighted by Crippen LogP contribution is -2.63. The van der Waals surface area contributed by atoms with Gasteiger partial charge >= 0.3 is 6.09 Å². The summed E-state index contributed by atoms with van der Waals surface area (Å²) in [6, 6.07) is 8.58. The highest BCUT2D eigenvalue weighted by Crippen LogP contribution is 2.15. The Kier molecular flexibility index (Phi) is 6.97. The second-order valence-electron chi connectivity index (χ2n) is 8.48. The first-order valence-electron chi connectivity index (χ1n) is 10.4. The number of aliphatic imine (C=N–C) groups is 1. The number of nitrogens with one attached hydrogen (secondary N) is 2. The van der Waals surface area contributed by atoms with E-state index in [1.807, 2.05) is 44.8 Å². The SMILES string of the molecule is CCNC(=NCc1cccc(Cn2ccnc2)c1)NC1CN(C(=O)OC(C)(C)C)C1. The van der Waals surface area contributed by atoms with Crippen LogP contribution in [0.3, 0.4) is 0 Å². The Labute approximate surface area is 178 Å².